The van der Waals surface area contributed by atoms with Crippen molar-refractivity contribution in [3.05, 3.63) is 59.4 Å². The predicted octanol–water partition coefficient (Wildman–Crippen LogP) is 4.09. The van der Waals surface area contributed by atoms with E-state index in [1.807, 2.05) is 0 Å². The van der Waals surface area contributed by atoms with Gasteiger partial charge in [0.1, 0.15) is 5.82 Å². The molecule has 0 spiro atoms. The molecule has 2 saturated heterocycles. The molecule has 164 valence electrons. The third-order valence-electron chi connectivity index (χ3n) is 6.18. The van der Waals surface area contributed by atoms with Crippen LogP contribution >= 0.6 is 0 Å². The maximum Gasteiger partial charge on any atom is 0.337 e. The number of rotatable bonds is 6. The molecule has 2 aliphatic heterocycles. The molecule has 4 rings (SSSR count). The van der Waals surface area contributed by atoms with E-state index in [9.17, 15) is 19.1 Å². The van der Waals surface area contributed by atoms with Crippen molar-refractivity contribution in [2.45, 2.75) is 25.7 Å². The van der Waals surface area contributed by atoms with Gasteiger partial charge < -0.3 is 20.2 Å². The highest BCUT2D eigenvalue weighted by Crippen LogP contribution is 2.30. The second-order valence-electron chi connectivity index (χ2n) is 8.43. The van der Waals surface area contributed by atoms with Gasteiger partial charge >= 0.3 is 5.97 Å². The number of amides is 1. The summed E-state index contributed by atoms with van der Waals surface area (Å²) in [6.07, 6.45) is 4.72. The van der Waals surface area contributed by atoms with Gasteiger partial charge in [0, 0.05) is 25.3 Å². The van der Waals surface area contributed by atoms with E-state index in [1.165, 1.54) is 37.1 Å². The van der Waals surface area contributed by atoms with Gasteiger partial charge in [0.2, 0.25) is 0 Å². The molecule has 1 amide bonds. The molecule has 0 aliphatic carbocycles. The summed E-state index contributed by atoms with van der Waals surface area (Å²) < 4.78 is 13.9. The van der Waals surface area contributed by atoms with E-state index in [0.717, 1.165) is 45.6 Å². The fourth-order valence-electron chi connectivity index (χ4n) is 4.67. The molecule has 0 radical (unpaired) electrons. The van der Waals surface area contributed by atoms with Gasteiger partial charge in [0.15, 0.2) is 0 Å². The number of hydrogen-bond acceptors (Lipinski definition) is 4. The van der Waals surface area contributed by atoms with E-state index in [-0.39, 0.29) is 11.1 Å². The minimum atomic E-state index is -1.04. The van der Waals surface area contributed by atoms with Crippen molar-refractivity contribution in [2.24, 2.45) is 5.92 Å². The van der Waals surface area contributed by atoms with Crippen LogP contribution in [0, 0.1) is 11.7 Å². The normalized spacial score (nSPS) is 19.4. The maximum absolute atomic E-state index is 13.9. The lowest BCUT2D eigenvalue weighted by Crippen LogP contribution is -2.41. The Bertz CT molecular complexity index is 959. The van der Waals surface area contributed by atoms with Crippen LogP contribution in [0.5, 0.6) is 0 Å². The summed E-state index contributed by atoms with van der Waals surface area (Å²) in [6, 6.07) is 10.6. The largest absolute Gasteiger partial charge is 0.478 e. The van der Waals surface area contributed by atoms with E-state index in [0.29, 0.717) is 17.3 Å². The first-order valence-electron chi connectivity index (χ1n) is 10.9. The summed E-state index contributed by atoms with van der Waals surface area (Å²) in [4.78, 5) is 29.0. The van der Waals surface area contributed by atoms with Gasteiger partial charge in [0.25, 0.3) is 5.91 Å². The summed E-state index contributed by atoms with van der Waals surface area (Å²) in [5, 5.41) is 12.4. The Kier molecular flexibility index (Phi) is 6.51. The molecule has 2 aromatic carbocycles. The fourth-order valence-corrected chi connectivity index (χ4v) is 4.67. The monoisotopic (exact) mass is 425 g/mol. The number of nitrogens with zero attached hydrogens (tertiary/aromatic N) is 2. The van der Waals surface area contributed by atoms with E-state index in [4.69, 9.17) is 0 Å². The molecular weight excluding hydrogens is 397 g/mol. The van der Waals surface area contributed by atoms with Crippen LogP contribution in [0.4, 0.5) is 15.8 Å². The molecule has 2 aromatic rings. The van der Waals surface area contributed by atoms with E-state index >= 15 is 0 Å². The zero-order chi connectivity index (χ0) is 21.8. The second-order valence-corrected chi connectivity index (χ2v) is 8.43. The Hall–Kier alpha value is -2.93. The zero-order valence-corrected chi connectivity index (χ0v) is 17.5. The summed E-state index contributed by atoms with van der Waals surface area (Å²) >= 11 is 0. The molecule has 7 heteroatoms. The molecule has 0 bridgehead atoms. The van der Waals surface area contributed by atoms with Crippen LogP contribution in [0.25, 0.3) is 0 Å². The lowest BCUT2D eigenvalue weighted by molar-refractivity contribution is 0.0697. The summed E-state index contributed by atoms with van der Waals surface area (Å²) in [5.74, 6) is -1.74. The van der Waals surface area contributed by atoms with E-state index in [2.05, 4.69) is 15.1 Å². The fraction of sp³-hybridized carbons (Fsp3) is 0.417. The SMILES string of the molecule is O=C(Nc1ccc(N2CCCC(CN3CCCC3)C2)c(C(=O)O)c1)c1ccccc1F. The van der Waals surface area contributed by atoms with Gasteiger partial charge in [-0.1, -0.05) is 12.1 Å². The van der Waals surface area contributed by atoms with Crippen LogP contribution in [0.15, 0.2) is 42.5 Å². The maximum atomic E-state index is 13.9. The quantitative estimate of drug-likeness (QED) is 0.729. The number of anilines is 2. The first-order valence-corrected chi connectivity index (χ1v) is 10.9. The standard InChI is InChI=1S/C24H28FN3O3/c25-21-8-2-1-7-19(21)23(29)26-18-9-10-22(20(14-18)24(30)31)28-13-5-6-17(16-28)15-27-11-3-4-12-27/h1-2,7-10,14,17H,3-6,11-13,15-16H2,(H,26,29)(H,30,31). The number of carbonyl (C=O) groups is 2. The number of piperidine rings is 1. The van der Waals surface area contributed by atoms with Gasteiger partial charge in [-0.3, -0.25) is 4.79 Å². The van der Waals surface area contributed by atoms with E-state index in [1.54, 1.807) is 18.2 Å². The number of halogens is 1. The number of benzene rings is 2. The molecule has 2 heterocycles. The Balaban J connectivity index is 1.50. The minimum Gasteiger partial charge on any atom is -0.478 e. The van der Waals surface area contributed by atoms with Crippen LogP contribution in [0.1, 0.15) is 46.4 Å². The summed E-state index contributed by atoms with van der Waals surface area (Å²) in [7, 11) is 0. The molecule has 1 unspecified atom stereocenters. The number of hydrogen-bond donors (Lipinski definition) is 2. The third kappa shape index (κ3) is 5.05. The van der Waals surface area contributed by atoms with Gasteiger partial charge in [-0.05, 0) is 75.0 Å². The van der Waals surface area contributed by atoms with Gasteiger partial charge in [0.05, 0.1) is 16.8 Å². The van der Waals surface area contributed by atoms with Crippen LogP contribution in [0.3, 0.4) is 0 Å². The highest BCUT2D eigenvalue weighted by molar-refractivity contribution is 6.05. The van der Waals surface area contributed by atoms with Crippen molar-refractivity contribution in [1.82, 2.24) is 4.90 Å². The van der Waals surface area contributed by atoms with Crippen LogP contribution < -0.4 is 10.2 Å². The molecule has 2 aliphatic rings. The smallest absolute Gasteiger partial charge is 0.337 e. The Morgan fingerprint density at radius 2 is 1.81 bits per heavy atom. The van der Waals surface area contributed by atoms with Crippen molar-refractivity contribution in [1.29, 1.82) is 0 Å². The Labute approximate surface area is 181 Å². The van der Waals surface area contributed by atoms with Crippen LogP contribution in [0.2, 0.25) is 0 Å². The van der Waals surface area contributed by atoms with Gasteiger partial charge in [-0.2, -0.15) is 0 Å². The lowest BCUT2D eigenvalue weighted by atomic mass is 9.96. The number of carbonyl (C=O) groups excluding carboxylic acids is 1. The topological polar surface area (TPSA) is 72.9 Å². The minimum absolute atomic E-state index is 0.0794. The van der Waals surface area contributed by atoms with Crippen molar-refractivity contribution < 1.29 is 19.1 Å². The average Bonchev–Trinajstić information content (AvgIpc) is 3.27. The summed E-state index contributed by atoms with van der Waals surface area (Å²) in [5.41, 5.74) is 1.07. The van der Waals surface area contributed by atoms with Gasteiger partial charge in [-0.15, -0.1) is 0 Å². The number of carboxylic acids is 1. The van der Waals surface area contributed by atoms with Crippen molar-refractivity contribution in [3.8, 4) is 0 Å². The van der Waals surface area contributed by atoms with Gasteiger partial charge in [-0.25, -0.2) is 9.18 Å². The second kappa shape index (κ2) is 9.47. The first kappa shape index (κ1) is 21.3. The number of nitrogens with one attached hydrogen (secondary N) is 1. The highest BCUT2D eigenvalue weighted by atomic mass is 19.1. The molecule has 1 atom stereocenters. The number of aromatic carboxylic acids is 1. The van der Waals surface area contributed by atoms with Crippen molar-refractivity contribution in [3.63, 3.8) is 0 Å². The highest BCUT2D eigenvalue weighted by Gasteiger charge is 2.26. The molecular formula is C24H28FN3O3. The number of likely N-dealkylation sites (tertiary alicyclic amines) is 1. The average molecular weight is 426 g/mol. The molecule has 2 N–H and O–H groups in total. The predicted molar refractivity (Wildman–Crippen MR) is 118 cm³/mol. The summed E-state index contributed by atoms with van der Waals surface area (Å²) in [6.45, 7) is 5.03. The molecule has 6 nitrogen and oxygen atoms in total. The Morgan fingerprint density at radius 1 is 1.03 bits per heavy atom. The van der Waals surface area contributed by atoms with Crippen LogP contribution in [-0.4, -0.2) is 54.6 Å². The first-order chi connectivity index (χ1) is 15.0. The molecule has 0 saturated carbocycles. The lowest BCUT2D eigenvalue weighted by Gasteiger charge is -2.36. The molecule has 31 heavy (non-hydrogen) atoms. The molecule has 2 fully saturated rings. The van der Waals surface area contributed by atoms with Crippen molar-refractivity contribution in [2.75, 3.05) is 42.9 Å². The third-order valence-corrected chi connectivity index (χ3v) is 6.18. The molecule has 0 aromatic heterocycles. The van der Waals surface area contributed by atoms with E-state index < -0.39 is 17.7 Å². The zero-order valence-electron chi connectivity index (χ0n) is 17.5. The van der Waals surface area contributed by atoms with Crippen LogP contribution in [-0.2, 0) is 0 Å². The van der Waals surface area contributed by atoms with Crippen molar-refractivity contribution >= 4 is 23.3 Å². The Morgan fingerprint density at radius 3 is 2.55 bits per heavy atom. The number of carboxylic acid groups (broad SMARTS) is 1.